The van der Waals surface area contributed by atoms with Gasteiger partial charge in [-0.15, -0.1) is 22.7 Å². The van der Waals surface area contributed by atoms with E-state index in [2.05, 4.69) is 30.0 Å². The molecule has 0 spiro atoms. The minimum Gasteiger partial charge on any atom is -0.336 e. The maximum absolute atomic E-state index is 12.7. The summed E-state index contributed by atoms with van der Waals surface area (Å²) in [5.41, 5.74) is 3.09. The van der Waals surface area contributed by atoms with Crippen LogP contribution in [-0.2, 0) is 6.54 Å². The number of hydrogen-bond acceptors (Lipinski definition) is 5. The van der Waals surface area contributed by atoms with Crippen molar-refractivity contribution >= 4 is 38.8 Å². The van der Waals surface area contributed by atoms with Crippen molar-refractivity contribution in [2.45, 2.75) is 20.4 Å². The SMILES string of the molecule is Cc1scc(C(=O)N2CCN(Cc3nc4ccccc4s3)CC2)c1C. The van der Waals surface area contributed by atoms with Crippen molar-refractivity contribution < 1.29 is 4.79 Å². The summed E-state index contributed by atoms with van der Waals surface area (Å²) >= 11 is 3.43. The van der Waals surface area contributed by atoms with Crippen LogP contribution in [0.1, 0.15) is 25.8 Å². The van der Waals surface area contributed by atoms with Crippen LogP contribution in [0.5, 0.6) is 0 Å². The number of benzene rings is 1. The zero-order chi connectivity index (χ0) is 17.4. The van der Waals surface area contributed by atoms with Crippen LogP contribution in [0.2, 0.25) is 0 Å². The first-order chi connectivity index (χ1) is 12.1. The highest BCUT2D eigenvalue weighted by molar-refractivity contribution is 7.18. The first kappa shape index (κ1) is 16.7. The Hall–Kier alpha value is -1.76. The van der Waals surface area contributed by atoms with E-state index in [1.165, 1.54) is 9.58 Å². The summed E-state index contributed by atoms with van der Waals surface area (Å²) in [6.07, 6.45) is 0. The summed E-state index contributed by atoms with van der Waals surface area (Å²) < 4.78 is 1.25. The van der Waals surface area contributed by atoms with Crippen LogP contribution in [-0.4, -0.2) is 46.9 Å². The zero-order valence-corrected chi connectivity index (χ0v) is 16.1. The standard InChI is InChI=1S/C19H21N3OS2/c1-13-14(2)24-12-15(13)19(23)22-9-7-21(8-10-22)11-18-20-16-5-3-4-6-17(16)25-18/h3-6,12H,7-11H2,1-2H3. The van der Waals surface area contributed by atoms with Gasteiger partial charge in [0.25, 0.3) is 5.91 Å². The summed E-state index contributed by atoms with van der Waals surface area (Å²) in [6, 6.07) is 8.28. The van der Waals surface area contributed by atoms with Gasteiger partial charge in [-0.2, -0.15) is 0 Å². The Morgan fingerprint density at radius 3 is 2.60 bits per heavy atom. The summed E-state index contributed by atoms with van der Waals surface area (Å²) in [5, 5.41) is 3.16. The van der Waals surface area contributed by atoms with Crippen molar-refractivity contribution in [1.29, 1.82) is 0 Å². The van der Waals surface area contributed by atoms with E-state index < -0.39 is 0 Å². The summed E-state index contributed by atoms with van der Waals surface area (Å²) in [7, 11) is 0. The van der Waals surface area contributed by atoms with Crippen molar-refractivity contribution in [1.82, 2.24) is 14.8 Å². The van der Waals surface area contributed by atoms with Crippen LogP contribution < -0.4 is 0 Å². The van der Waals surface area contributed by atoms with Crippen molar-refractivity contribution in [3.05, 3.63) is 50.7 Å². The first-order valence-electron chi connectivity index (χ1n) is 8.52. The number of rotatable bonds is 3. The Labute approximate surface area is 155 Å². The smallest absolute Gasteiger partial charge is 0.255 e. The van der Waals surface area contributed by atoms with E-state index in [0.717, 1.165) is 54.4 Å². The van der Waals surface area contributed by atoms with Crippen molar-refractivity contribution in [2.24, 2.45) is 0 Å². The third-order valence-corrected chi connectivity index (χ3v) is 6.91. The predicted molar refractivity (Wildman–Crippen MR) is 105 cm³/mol. The highest BCUT2D eigenvalue weighted by atomic mass is 32.1. The molecule has 0 bridgehead atoms. The van der Waals surface area contributed by atoms with Crippen molar-refractivity contribution in [2.75, 3.05) is 26.2 Å². The number of amides is 1. The lowest BCUT2D eigenvalue weighted by molar-refractivity contribution is 0.0628. The van der Waals surface area contributed by atoms with E-state index in [1.54, 1.807) is 22.7 Å². The first-order valence-corrected chi connectivity index (χ1v) is 10.2. The third kappa shape index (κ3) is 3.34. The fourth-order valence-corrected chi connectivity index (χ4v) is 5.05. The number of carbonyl (C=O) groups is 1. The average molecular weight is 372 g/mol. The number of piperazine rings is 1. The van der Waals surface area contributed by atoms with Gasteiger partial charge in [0.05, 0.1) is 22.3 Å². The molecule has 1 saturated heterocycles. The molecule has 2 aromatic heterocycles. The lowest BCUT2D eigenvalue weighted by Gasteiger charge is -2.34. The Balaban J connectivity index is 1.38. The number of aromatic nitrogens is 1. The molecule has 4 rings (SSSR count). The fourth-order valence-electron chi connectivity index (χ4n) is 3.18. The van der Waals surface area contributed by atoms with Crippen LogP contribution in [0.15, 0.2) is 29.6 Å². The third-order valence-electron chi connectivity index (χ3n) is 4.87. The van der Waals surface area contributed by atoms with Gasteiger partial charge < -0.3 is 4.90 Å². The molecule has 0 unspecified atom stereocenters. The molecule has 3 heterocycles. The molecule has 1 aliphatic rings. The van der Waals surface area contributed by atoms with Gasteiger partial charge in [-0.3, -0.25) is 9.69 Å². The molecule has 6 heteroatoms. The van der Waals surface area contributed by atoms with Crippen LogP contribution in [0.3, 0.4) is 0 Å². The van der Waals surface area contributed by atoms with Crippen LogP contribution in [0.25, 0.3) is 10.2 Å². The van der Waals surface area contributed by atoms with E-state index in [1.807, 2.05) is 23.3 Å². The molecule has 3 aromatic rings. The highest BCUT2D eigenvalue weighted by Gasteiger charge is 2.24. The number of fused-ring (bicyclic) bond motifs is 1. The van der Waals surface area contributed by atoms with Gasteiger partial charge in [0.1, 0.15) is 5.01 Å². The van der Waals surface area contributed by atoms with Gasteiger partial charge in [-0.1, -0.05) is 12.1 Å². The number of para-hydroxylation sites is 1. The van der Waals surface area contributed by atoms with E-state index in [4.69, 9.17) is 4.98 Å². The van der Waals surface area contributed by atoms with Crippen LogP contribution >= 0.6 is 22.7 Å². The molecule has 0 N–H and O–H groups in total. The number of aryl methyl sites for hydroxylation is 1. The molecule has 1 amide bonds. The monoisotopic (exact) mass is 371 g/mol. The van der Waals surface area contributed by atoms with Crippen LogP contribution in [0, 0.1) is 13.8 Å². The molecular weight excluding hydrogens is 350 g/mol. The Bertz CT molecular complexity index is 873. The number of carbonyl (C=O) groups excluding carboxylic acids is 1. The molecule has 4 nitrogen and oxygen atoms in total. The van der Waals surface area contributed by atoms with Gasteiger partial charge >= 0.3 is 0 Å². The molecular formula is C19H21N3OS2. The maximum Gasteiger partial charge on any atom is 0.255 e. The molecule has 0 saturated carbocycles. The minimum atomic E-state index is 0.182. The van der Waals surface area contributed by atoms with Crippen LogP contribution in [0.4, 0.5) is 0 Å². The van der Waals surface area contributed by atoms with E-state index >= 15 is 0 Å². The summed E-state index contributed by atoms with van der Waals surface area (Å²) in [5.74, 6) is 0.182. The topological polar surface area (TPSA) is 36.4 Å². The van der Waals surface area contributed by atoms with Crippen molar-refractivity contribution in [3.8, 4) is 0 Å². The van der Waals surface area contributed by atoms with Crippen molar-refractivity contribution in [3.63, 3.8) is 0 Å². The Morgan fingerprint density at radius 2 is 1.92 bits per heavy atom. The predicted octanol–water partition coefficient (Wildman–Crippen LogP) is 3.93. The number of nitrogens with zero attached hydrogens (tertiary/aromatic N) is 3. The van der Waals surface area contributed by atoms with Gasteiger partial charge in [0.2, 0.25) is 0 Å². The van der Waals surface area contributed by atoms with E-state index in [0.29, 0.717) is 0 Å². The second-order valence-corrected chi connectivity index (χ2v) is 8.67. The van der Waals surface area contributed by atoms with E-state index in [-0.39, 0.29) is 5.91 Å². The van der Waals surface area contributed by atoms with Gasteiger partial charge in [-0.25, -0.2) is 4.98 Å². The molecule has 0 radical (unpaired) electrons. The molecule has 25 heavy (non-hydrogen) atoms. The van der Waals surface area contributed by atoms with Gasteiger partial charge in [-0.05, 0) is 31.5 Å². The van der Waals surface area contributed by atoms with E-state index in [9.17, 15) is 4.79 Å². The largest absolute Gasteiger partial charge is 0.336 e. The van der Waals surface area contributed by atoms with Gasteiger partial charge in [0.15, 0.2) is 0 Å². The molecule has 1 aromatic carbocycles. The fraction of sp³-hybridized carbons (Fsp3) is 0.368. The Morgan fingerprint density at radius 1 is 1.16 bits per heavy atom. The van der Waals surface area contributed by atoms with Gasteiger partial charge in [0, 0.05) is 36.4 Å². The number of thiophene rings is 1. The lowest BCUT2D eigenvalue weighted by atomic mass is 10.1. The lowest BCUT2D eigenvalue weighted by Crippen LogP contribution is -2.48. The molecule has 0 atom stereocenters. The summed E-state index contributed by atoms with van der Waals surface area (Å²) in [6.45, 7) is 8.39. The summed E-state index contributed by atoms with van der Waals surface area (Å²) in [4.78, 5) is 23.1. The maximum atomic E-state index is 12.7. The minimum absolute atomic E-state index is 0.182. The second kappa shape index (κ2) is 6.86. The molecule has 0 aliphatic carbocycles. The Kier molecular flexibility index (Phi) is 4.58. The molecule has 130 valence electrons. The molecule has 1 aliphatic heterocycles. The normalized spacial score (nSPS) is 15.8. The quantitative estimate of drug-likeness (QED) is 0.700. The second-order valence-electron chi connectivity index (χ2n) is 6.47. The highest BCUT2D eigenvalue weighted by Crippen LogP contribution is 2.24. The number of hydrogen-bond donors (Lipinski definition) is 0. The molecule has 1 fully saturated rings. The zero-order valence-electron chi connectivity index (χ0n) is 14.5. The average Bonchev–Trinajstić information content (AvgIpc) is 3.18. The number of thiazole rings is 1.